The van der Waals surface area contributed by atoms with Crippen molar-refractivity contribution in [2.24, 2.45) is 0 Å². The number of hydrogen-bond donors (Lipinski definition) is 1. The fourth-order valence-electron chi connectivity index (χ4n) is 2.68. The first kappa shape index (κ1) is 24.3. The number of ether oxygens (including phenoxy) is 3. The summed E-state index contributed by atoms with van der Waals surface area (Å²) >= 11 is 16.1. The molecule has 0 spiro atoms. The molecule has 0 aliphatic rings. The molecule has 0 aliphatic heterocycles. The zero-order chi connectivity index (χ0) is 21.1. The summed E-state index contributed by atoms with van der Waals surface area (Å²) in [7, 11) is 1.63. The monoisotopic (exact) mass is 503 g/mol. The molecule has 0 saturated carbocycles. The van der Waals surface area contributed by atoms with Crippen LogP contribution < -0.4 is 14.8 Å². The van der Waals surface area contributed by atoms with Crippen LogP contribution >= 0.6 is 39.1 Å². The molecule has 0 atom stereocenters. The summed E-state index contributed by atoms with van der Waals surface area (Å²) in [6, 6.07) is 9.28. The molecule has 2 aromatic rings. The Labute approximate surface area is 192 Å². The van der Waals surface area contributed by atoms with Crippen LogP contribution in [-0.4, -0.2) is 26.9 Å². The third-order valence-corrected chi connectivity index (χ3v) is 5.81. The molecule has 0 saturated heterocycles. The van der Waals surface area contributed by atoms with E-state index in [4.69, 9.17) is 37.4 Å². The zero-order valence-corrected chi connectivity index (χ0v) is 20.0. The first-order valence-corrected chi connectivity index (χ1v) is 11.3. The molecule has 7 heteroatoms. The molecule has 160 valence electrons. The van der Waals surface area contributed by atoms with Crippen LogP contribution in [0.25, 0.3) is 0 Å². The lowest BCUT2D eigenvalue weighted by molar-refractivity contribution is 0.128. The maximum Gasteiger partial charge on any atom is 0.162 e. The maximum atomic E-state index is 6.22. The van der Waals surface area contributed by atoms with Crippen molar-refractivity contribution < 1.29 is 14.2 Å². The summed E-state index contributed by atoms with van der Waals surface area (Å²) < 4.78 is 18.0. The Morgan fingerprint density at radius 1 is 1.03 bits per heavy atom. The molecule has 1 N–H and O–H groups in total. The molecule has 0 radical (unpaired) electrons. The van der Waals surface area contributed by atoms with Crippen molar-refractivity contribution in [2.45, 2.75) is 39.3 Å². The normalized spacial score (nSPS) is 10.9. The van der Waals surface area contributed by atoms with Crippen LogP contribution in [0.1, 0.15) is 37.3 Å². The van der Waals surface area contributed by atoms with E-state index in [1.165, 1.54) is 6.42 Å². The third-order valence-electron chi connectivity index (χ3n) is 4.37. The van der Waals surface area contributed by atoms with Crippen molar-refractivity contribution in [3.8, 4) is 11.5 Å². The van der Waals surface area contributed by atoms with Crippen LogP contribution in [-0.2, 0) is 17.9 Å². The van der Waals surface area contributed by atoms with E-state index in [2.05, 4.69) is 28.2 Å². The maximum absolute atomic E-state index is 6.22. The molecule has 2 rings (SSSR count). The molecule has 0 amide bonds. The predicted molar refractivity (Wildman–Crippen MR) is 124 cm³/mol. The van der Waals surface area contributed by atoms with Gasteiger partial charge in [-0.05, 0) is 49.2 Å². The minimum Gasteiger partial charge on any atom is -0.493 e. The fourth-order valence-corrected chi connectivity index (χ4v) is 3.65. The lowest BCUT2D eigenvalue weighted by Crippen LogP contribution is -2.17. The highest BCUT2D eigenvalue weighted by atomic mass is 79.9. The predicted octanol–water partition coefficient (Wildman–Crippen LogP) is 6.64. The molecular formula is C22H28BrCl2NO3. The summed E-state index contributed by atoms with van der Waals surface area (Å²) in [6.07, 6.45) is 3.27. The summed E-state index contributed by atoms with van der Waals surface area (Å²) in [4.78, 5) is 0. The van der Waals surface area contributed by atoms with Gasteiger partial charge in [0.2, 0.25) is 0 Å². The lowest BCUT2D eigenvalue weighted by Gasteiger charge is -2.15. The Morgan fingerprint density at radius 3 is 2.45 bits per heavy atom. The second kappa shape index (κ2) is 13.3. The van der Waals surface area contributed by atoms with Crippen LogP contribution in [0.3, 0.4) is 0 Å². The first-order valence-electron chi connectivity index (χ1n) is 9.77. The van der Waals surface area contributed by atoms with Crippen molar-refractivity contribution in [3.05, 3.63) is 56.0 Å². The second-order valence-electron chi connectivity index (χ2n) is 6.58. The van der Waals surface area contributed by atoms with Crippen molar-refractivity contribution in [1.29, 1.82) is 0 Å². The minimum atomic E-state index is 0.261. The summed E-state index contributed by atoms with van der Waals surface area (Å²) in [5.41, 5.74) is 1.85. The van der Waals surface area contributed by atoms with E-state index in [0.717, 1.165) is 54.7 Å². The number of unbranched alkanes of at least 4 members (excludes halogenated alkanes) is 1. The topological polar surface area (TPSA) is 39.7 Å². The van der Waals surface area contributed by atoms with Crippen LogP contribution in [0, 0.1) is 0 Å². The lowest BCUT2D eigenvalue weighted by atomic mass is 10.2. The van der Waals surface area contributed by atoms with E-state index in [1.54, 1.807) is 19.2 Å². The molecule has 4 nitrogen and oxygen atoms in total. The van der Waals surface area contributed by atoms with Crippen molar-refractivity contribution in [1.82, 2.24) is 5.32 Å². The van der Waals surface area contributed by atoms with Crippen molar-refractivity contribution >= 4 is 39.1 Å². The zero-order valence-electron chi connectivity index (χ0n) is 16.9. The summed E-state index contributed by atoms with van der Waals surface area (Å²) in [5, 5.41) is 4.59. The van der Waals surface area contributed by atoms with Gasteiger partial charge in [-0.1, -0.05) is 58.5 Å². The Morgan fingerprint density at radius 2 is 1.76 bits per heavy atom. The number of benzene rings is 2. The molecular weight excluding hydrogens is 477 g/mol. The number of halogens is 3. The average Bonchev–Trinajstić information content (AvgIpc) is 2.70. The standard InChI is InChI=1S/C22H28BrCl2NO3/c1-3-4-10-28-11-6-9-26-14-16-12-21(27-2)22(13-18(16)23)29-15-17-19(24)7-5-8-20(17)25/h5,7-8,12-13,26H,3-4,6,9-11,14-15H2,1-2H3. The third kappa shape index (κ3) is 7.99. The second-order valence-corrected chi connectivity index (χ2v) is 8.25. The molecule has 29 heavy (non-hydrogen) atoms. The highest BCUT2D eigenvalue weighted by Crippen LogP contribution is 2.35. The van der Waals surface area contributed by atoms with Gasteiger partial charge in [-0.15, -0.1) is 0 Å². The van der Waals surface area contributed by atoms with Gasteiger partial charge in [0.1, 0.15) is 6.61 Å². The average molecular weight is 505 g/mol. The van der Waals surface area contributed by atoms with E-state index >= 15 is 0 Å². The first-order chi connectivity index (χ1) is 14.1. The van der Waals surface area contributed by atoms with E-state index in [9.17, 15) is 0 Å². The molecule has 2 aromatic carbocycles. The van der Waals surface area contributed by atoms with Gasteiger partial charge in [-0.3, -0.25) is 0 Å². The van der Waals surface area contributed by atoms with Gasteiger partial charge in [-0.2, -0.15) is 0 Å². The van der Waals surface area contributed by atoms with Gasteiger partial charge in [0.15, 0.2) is 11.5 Å². The van der Waals surface area contributed by atoms with Crippen molar-refractivity contribution in [2.75, 3.05) is 26.9 Å². The summed E-state index contributed by atoms with van der Waals surface area (Å²) in [6.45, 7) is 5.68. The van der Waals surface area contributed by atoms with Gasteiger partial charge in [-0.25, -0.2) is 0 Å². The minimum absolute atomic E-state index is 0.261. The SMILES string of the molecule is CCCCOCCCNCc1cc(OC)c(OCc2c(Cl)cccc2Cl)cc1Br. The number of hydrogen-bond acceptors (Lipinski definition) is 4. The Bertz CT molecular complexity index is 754. The van der Waals surface area contributed by atoms with Crippen LogP contribution in [0.15, 0.2) is 34.8 Å². The smallest absolute Gasteiger partial charge is 0.162 e. The quantitative estimate of drug-likeness (QED) is 0.310. The van der Waals surface area contributed by atoms with E-state index in [0.29, 0.717) is 21.5 Å². The van der Waals surface area contributed by atoms with E-state index < -0.39 is 0 Å². The van der Waals surface area contributed by atoms with Crippen molar-refractivity contribution in [3.63, 3.8) is 0 Å². The Hall–Kier alpha value is -0.980. The van der Waals surface area contributed by atoms with E-state index in [1.807, 2.05) is 18.2 Å². The molecule has 0 aliphatic carbocycles. The van der Waals surface area contributed by atoms with Gasteiger partial charge in [0.05, 0.1) is 7.11 Å². The number of nitrogens with one attached hydrogen (secondary N) is 1. The highest BCUT2D eigenvalue weighted by Gasteiger charge is 2.12. The highest BCUT2D eigenvalue weighted by molar-refractivity contribution is 9.10. The van der Waals surface area contributed by atoms with E-state index in [-0.39, 0.29) is 6.61 Å². The van der Waals surface area contributed by atoms with Gasteiger partial charge >= 0.3 is 0 Å². The Kier molecular flexibility index (Phi) is 11.2. The van der Waals surface area contributed by atoms with Crippen LogP contribution in [0.5, 0.6) is 11.5 Å². The van der Waals surface area contributed by atoms with Gasteiger partial charge in [0.25, 0.3) is 0 Å². The number of methoxy groups -OCH3 is 1. The van der Waals surface area contributed by atoms with Crippen LogP contribution in [0.2, 0.25) is 10.0 Å². The number of rotatable bonds is 13. The molecule has 0 unspecified atom stereocenters. The van der Waals surface area contributed by atoms with Crippen LogP contribution in [0.4, 0.5) is 0 Å². The Balaban J connectivity index is 1.89. The molecule has 0 bridgehead atoms. The molecule has 0 aromatic heterocycles. The summed E-state index contributed by atoms with van der Waals surface area (Å²) in [5.74, 6) is 1.29. The molecule has 0 fully saturated rings. The fraction of sp³-hybridized carbons (Fsp3) is 0.455. The largest absolute Gasteiger partial charge is 0.493 e. The van der Waals surface area contributed by atoms with Gasteiger partial charge < -0.3 is 19.5 Å². The van der Waals surface area contributed by atoms with Gasteiger partial charge in [0, 0.05) is 39.8 Å². The molecule has 0 heterocycles.